The Balaban J connectivity index is 0. The van der Waals surface area contributed by atoms with Crippen molar-refractivity contribution in [1.82, 2.24) is 10.2 Å². The highest BCUT2D eigenvalue weighted by Gasteiger charge is 2.13. The number of aliphatic hydroxyl groups is 1. The summed E-state index contributed by atoms with van der Waals surface area (Å²) < 4.78 is 0. The van der Waals surface area contributed by atoms with Crippen LogP contribution in [0.4, 0.5) is 0 Å². The fraction of sp³-hybridized carbons (Fsp3) is 0.500. The molecular weight excluding hydrogens is 371 g/mol. The molecule has 7 nitrogen and oxygen atoms in total. The van der Waals surface area contributed by atoms with E-state index in [0.29, 0.717) is 0 Å². The van der Waals surface area contributed by atoms with Gasteiger partial charge in [0.2, 0.25) is 0 Å². The molecule has 0 saturated carbocycles. The van der Waals surface area contributed by atoms with E-state index in [-0.39, 0.29) is 47.6 Å². The molecule has 1 saturated heterocycles. The van der Waals surface area contributed by atoms with Gasteiger partial charge in [-0.2, -0.15) is 0 Å². The SMILES string of the molecule is CC(O)CN1CCNCC1.Cc1c(C(=O)O)cccc1C(=O)O.Cl.Cl. The first-order valence-electron chi connectivity index (χ1n) is 7.50. The van der Waals surface area contributed by atoms with Crippen molar-refractivity contribution in [1.29, 1.82) is 0 Å². The minimum atomic E-state index is -1.11. The van der Waals surface area contributed by atoms with Crippen LogP contribution in [0.25, 0.3) is 0 Å². The molecule has 0 amide bonds. The minimum Gasteiger partial charge on any atom is -0.478 e. The molecule has 1 aromatic carbocycles. The Morgan fingerprint density at radius 1 is 1.12 bits per heavy atom. The number of carboxylic acids is 2. The number of aliphatic hydroxyl groups excluding tert-OH is 1. The van der Waals surface area contributed by atoms with Crippen LogP contribution in [-0.4, -0.2) is 71.0 Å². The zero-order valence-corrected chi connectivity index (χ0v) is 15.9. The van der Waals surface area contributed by atoms with Gasteiger partial charge in [-0.3, -0.25) is 4.90 Å². The van der Waals surface area contributed by atoms with Gasteiger partial charge in [0.25, 0.3) is 0 Å². The third-order valence-corrected chi connectivity index (χ3v) is 3.53. The number of carbonyl (C=O) groups is 2. The molecule has 0 aromatic heterocycles. The molecule has 1 unspecified atom stereocenters. The van der Waals surface area contributed by atoms with Crippen LogP contribution in [0.5, 0.6) is 0 Å². The third-order valence-electron chi connectivity index (χ3n) is 3.53. The number of hydrogen-bond acceptors (Lipinski definition) is 5. The van der Waals surface area contributed by atoms with E-state index < -0.39 is 11.9 Å². The summed E-state index contributed by atoms with van der Waals surface area (Å²) in [5.74, 6) is -2.22. The average molecular weight is 397 g/mol. The first kappa shape index (κ1) is 25.9. The lowest BCUT2D eigenvalue weighted by Crippen LogP contribution is -2.45. The number of nitrogens with zero attached hydrogens (tertiary/aromatic N) is 1. The first-order chi connectivity index (χ1) is 10.8. The molecule has 0 spiro atoms. The Bertz CT molecular complexity index is 517. The molecule has 1 atom stereocenters. The molecule has 0 bridgehead atoms. The normalized spacial score (nSPS) is 14.8. The van der Waals surface area contributed by atoms with Crippen molar-refractivity contribution in [2.45, 2.75) is 20.0 Å². The summed E-state index contributed by atoms with van der Waals surface area (Å²) in [5.41, 5.74) is 0.335. The number of β-amino-alcohol motifs (C(OH)–C–C–N with tert-alkyl or cyclic N) is 1. The van der Waals surface area contributed by atoms with Crippen LogP contribution in [0.2, 0.25) is 0 Å². The molecular formula is C16H26Cl2N2O5. The van der Waals surface area contributed by atoms with Crippen molar-refractivity contribution in [3.8, 4) is 0 Å². The van der Waals surface area contributed by atoms with Gasteiger partial charge in [0.05, 0.1) is 17.2 Å². The molecule has 1 heterocycles. The molecule has 1 aromatic rings. The number of carboxylic acid groups (broad SMARTS) is 2. The van der Waals surface area contributed by atoms with Crippen LogP contribution < -0.4 is 5.32 Å². The maximum Gasteiger partial charge on any atom is 0.335 e. The molecule has 144 valence electrons. The van der Waals surface area contributed by atoms with Crippen LogP contribution in [-0.2, 0) is 0 Å². The highest BCUT2D eigenvalue weighted by molar-refractivity contribution is 5.96. The summed E-state index contributed by atoms with van der Waals surface area (Å²) in [6.07, 6.45) is -0.182. The number of nitrogens with one attached hydrogen (secondary N) is 1. The van der Waals surface area contributed by atoms with E-state index >= 15 is 0 Å². The summed E-state index contributed by atoms with van der Waals surface area (Å²) >= 11 is 0. The quantitative estimate of drug-likeness (QED) is 0.610. The number of piperazine rings is 1. The van der Waals surface area contributed by atoms with Gasteiger partial charge in [0.1, 0.15) is 0 Å². The van der Waals surface area contributed by atoms with E-state index in [1.165, 1.54) is 25.1 Å². The summed E-state index contributed by atoms with van der Waals surface area (Å²) in [4.78, 5) is 23.5. The van der Waals surface area contributed by atoms with Gasteiger partial charge in [-0.1, -0.05) is 6.07 Å². The molecule has 25 heavy (non-hydrogen) atoms. The van der Waals surface area contributed by atoms with Gasteiger partial charge >= 0.3 is 11.9 Å². The highest BCUT2D eigenvalue weighted by Crippen LogP contribution is 2.13. The van der Waals surface area contributed by atoms with Crippen LogP contribution in [0, 0.1) is 6.92 Å². The Morgan fingerprint density at radius 3 is 1.92 bits per heavy atom. The fourth-order valence-electron chi connectivity index (χ4n) is 2.37. The number of halogens is 2. The van der Waals surface area contributed by atoms with Crippen molar-refractivity contribution in [3.63, 3.8) is 0 Å². The number of hydrogen-bond donors (Lipinski definition) is 4. The Labute approximate surface area is 159 Å². The molecule has 0 radical (unpaired) electrons. The molecule has 1 aliphatic heterocycles. The van der Waals surface area contributed by atoms with E-state index in [1.807, 2.05) is 6.92 Å². The van der Waals surface area contributed by atoms with Gasteiger partial charge < -0.3 is 20.6 Å². The largest absolute Gasteiger partial charge is 0.478 e. The lowest BCUT2D eigenvalue weighted by Gasteiger charge is -2.27. The zero-order valence-electron chi connectivity index (χ0n) is 14.3. The van der Waals surface area contributed by atoms with Gasteiger partial charge in [0.15, 0.2) is 0 Å². The number of aromatic carboxylic acids is 2. The molecule has 1 aliphatic rings. The van der Waals surface area contributed by atoms with Crippen molar-refractivity contribution in [2.75, 3.05) is 32.7 Å². The van der Waals surface area contributed by atoms with Gasteiger partial charge in [-0.25, -0.2) is 9.59 Å². The standard InChI is InChI=1S/C9H8O4.C7H16N2O.2ClH/c1-5-6(8(10)11)3-2-4-7(5)9(12)13;1-7(10)6-9-4-2-8-3-5-9;;/h2-4H,1H3,(H,10,11)(H,12,13);7-8,10H,2-6H2,1H3;2*1H. The van der Waals surface area contributed by atoms with Crippen LogP contribution >= 0.6 is 24.8 Å². The molecule has 4 N–H and O–H groups in total. The van der Waals surface area contributed by atoms with Crippen LogP contribution in [0.15, 0.2) is 18.2 Å². The van der Waals surface area contributed by atoms with E-state index in [0.717, 1.165) is 32.7 Å². The smallest absolute Gasteiger partial charge is 0.335 e. The first-order valence-corrected chi connectivity index (χ1v) is 7.50. The monoisotopic (exact) mass is 396 g/mol. The van der Waals surface area contributed by atoms with Crippen molar-refractivity contribution < 1.29 is 24.9 Å². The number of rotatable bonds is 4. The van der Waals surface area contributed by atoms with Gasteiger partial charge in [0, 0.05) is 32.7 Å². The van der Waals surface area contributed by atoms with Crippen molar-refractivity contribution in [2.24, 2.45) is 0 Å². The van der Waals surface area contributed by atoms with E-state index in [1.54, 1.807) is 0 Å². The lowest BCUT2D eigenvalue weighted by molar-refractivity contribution is 0.0696. The maximum atomic E-state index is 10.6. The predicted octanol–water partition coefficient (Wildman–Crippen LogP) is 1.51. The molecule has 1 fully saturated rings. The summed E-state index contributed by atoms with van der Waals surface area (Å²) in [5, 5.41) is 29.7. The Kier molecular flexibility index (Phi) is 13.3. The van der Waals surface area contributed by atoms with Crippen LogP contribution in [0.1, 0.15) is 33.2 Å². The summed E-state index contributed by atoms with van der Waals surface area (Å²) in [7, 11) is 0. The Morgan fingerprint density at radius 2 is 1.56 bits per heavy atom. The van der Waals surface area contributed by atoms with Crippen LogP contribution in [0.3, 0.4) is 0 Å². The minimum absolute atomic E-state index is 0. The average Bonchev–Trinajstić information content (AvgIpc) is 2.48. The summed E-state index contributed by atoms with van der Waals surface area (Å²) in [6, 6.07) is 4.17. The van der Waals surface area contributed by atoms with E-state index in [9.17, 15) is 9.59 Å². The predicted molar refractivity (Wildman–Crippen MR) is 101 cm³/mol. The maximum absolute atomic E-state index is 10.6. The Hall–Kier alpha value is -1.38. The van der Waals surface area contributed by atoms with Gasteiger partial charge in [-0.05, 0) is 31.5 Å². The summed E-state index contributed by atoms with van der Waals surface area (Å²) in [6.45, 7) is 8.41. The number of benzene rings is 1. The molecule has 9 heteroatoms. The highest BCUT2D eigenvalue weighted by atomic mass is 35.5. The second-order valence-corrected chi connectivity index (χ2v) is 5.49. The molecule has 0 aliphatic carbocycles. The third kappa shape index (κ3) is 9.04. The second kappa shape index (κ2) is 12.9. The van der Waals surface area contributed by atoms with Gasteiger partial charge in [-0.15, -0.1) is 24.8 Å². The zero-order chi connectivity index (χ0) is 17.4. The van der Waals surface area contributed by atoms with Crippen molar-refractivity contribution in [3.05, 3.63) is 34.9 Å². The fourth-order valence-corrected chi connectivity index (χ4v) is 2.37. The second-order valence-electron chi connectivity index (χ2n) is 5.49. The van der Waals surface area contributed by atoms with E-state index in [4.69, 9.17) is 15.3 Å². The van der Waals surface area contributed by atoms with E-state index in [2.05, 4.69) is 10.2 Å². The topological polar surface area (TPSA) is 110 Å². The lowest BCUT2D eigenvalue weighted by atomic mass is 10.0. The molecule has 2 rings (SSSR count). The van der Waals surface area contributed by atoms with Crippen molar-refractivity contribution >= 4 is 36.8 Å².